The van der Waals surface area contributed by atoms with Crippen LogP contribution in [0, 0.1) is 0 Å². The van der Waals surface area contributed by atoms with Crippen molar-refractivity contribution in [2.45, 2.75) is 0 Å². The lowest BCUT2D eigenvalue weighted by molar-refractivity contribution is 0.0664. The fourth-order valence-corrected chi connectivity index (χ4v) is 4.16. The Balaban J connectivity index is 1.68. The Labute approximate surface area is 177 Å². The number of nitrogens with zero attached hydrogens (tertiary/aromatic N) is 4. The van der Waals surface area contributed by atoms with E-state index in [2.05, 4.69) is 14.9 Å². The number of hydrogen-bond donors (Lipinski definition) is 1. The highest BCUT2D eigenvalue weighted by molar-refractivity contribution is 6.34. The average Bonchev–Trinajstić information content (AvgIpc) is 3.21. The molecular formula is C22H20ClN5O2. The molecule has 0 atom stereocenters. The maximum absolute atomic E-state index is 13.1. The van der Waals surface area contributed by atoms with Crippen LogP contribution in [0.2, 0.25) is 5.02 Å². The third-order valence-corrected chi connectivity index (χ3v) is 5.93. The van der Waals surface area contributed by atoms with Crippen molar-refractivity contribution in [1.82, 2.24) is 24.2 Å². The van der Waals surface area contributed by atoms with E-state index < -0.39 is 0 Å². The molecule has 2 aromatic carbocycles. The lowest BCUT2D eigenvalue weighted by atomic mass is 10.1. The Bertz CT molecular complexity index is 1320. The second-order valence-corrected chi connectivity index (χ2v) is 7.97. The van der Waals surface area contributed by atoms with Crippen molar-refractivity contribution in [2.75, 3.05) is 33.2 Å². The van der Waals surface area contributed by atoms with Crippen LogP contribution >= 0.6 is 11.6 Å². The van der Waals surface area contributed by atoms with Gasteiger partial charge >= 0.3 is 0 Å². The van der Waals surface area contributed by atoms with Gasteiger partial charge in [-0.05, 0) is 19.2 Å². The van der Waals surface area contributed by atoms with E-state index in [0.717, 1.165) is 18.7 Å². The molecule has 3 heterocycles. The van der Waals surface area contributed by atoms with Gasteiger partial charge in [-0.1, -0.05) is 41.9 Å². The second kappa shape index (κ2) is 7.27. The van der Waals surface area contributed by atoms with Gasteiger partial charge in [0, 0.05) is 31.7 Å². The van der Waals surface area contributed by atoms with Crippen molar-refractivity contribution >= 4 is 34.1 Å². The lowest BCUT2D eigenvalue weighted by Crippen LogP contribution is -2.47. The molecule has 1 saturated heterocycles. The van der Waals surface area contributed by atoms with Gasteiger partial charge in [0.05, 0.1) is 27.8 Å². The van der Waals surface area contributed by atoms with Gasteiger partial charge in [0.1, 0.15) is 11.3 Å². The summed E-state index contributed by atoms with van der Waals surface area (Å²) < 4.78 is 1.79. The minimum atomic E-state index is -0.266. The zero-order chi connectivity index (χ0) is 20.8. The number of amides is 1. The molecule has 1 aliphatic rings. The summed E-state index contributed by atoms with van der Waals surface area (Å²) in [5.74, 6) is 0.528. The molecule has 30 heavy (non-hydrogen) atoms. The molecule has 1 fully saturated rings. The average molecular weight is 422 g/mol. The van der Waals surface area contributed by atoms with Crippen molar-refractivity contribution in [1.29, 1.82) is 0 Å². The van der Waals surface area contributed by atoms with Crippen molar-refractivity contribution in [2.24, 2.45) is 0 Å². The largest absolute Gasteiger partial charge is 0.336 e. The number of piperazine rings is 1. The standard InChI is InChI=1S/C22H20ClN5O2/c1-26-7-9-27(10-8-26)22(30)15-11-17-18(12-16(15)23)28-19(21(29)25-17)13-24-20(28)14-5-3-2-4-6-14/h2-6,11-13H,7-10H2,1H3,(H,25,29). The van der Waals surface area contributed by atoms with Crippen molar-refractivity contribution in [3.05, 3.63) is 69.6 Å². The first-order chi connectivity index (χ1) is 14.5. The lowest BCUT2D eigenvalue weighted by Gasteiger charge is -2.32. The number of hydrogen-bond acceptors (Lipinski definition) is 4. The molecule has 5 rings (SSSR count). The number of carbonyl (C=O) groups excluding carboxylic acids is 1. The maximum atomic E-state index is 13.1. The SMILES string of the molecule is CN1CCN(C(=O)c2cc3[nH]c(=O)c4cnc(-c5ccccc5)n4c3cc2Cl)CC1. The van der Waals surface area contributed by atoms with Gasteiger partial charge in [-0.2, -0.15) is 0 Å². The van der Waals surface area contributed by atoms with E-state index in [9.17, 15) is 9.59 Å². The van der Waals surface area contributed by atoms with E-state index in [1.165, 1.54) is 0 Å². The fourth-order valence-electron chi connectivity index (χ4n) is 3.92. The predicted octanol–water partition coefficient (Wildman–Crippen LogP) is 2.88. The van der Waals surface area contributed by atoms with Gasteiger partial charge in [-0.3, -0.25) is 14.0 Å². The molecule has 2 aromatic heterocycles. The van der Waals surface area contributed by atoms with Gasteiger partial charge in [0.15, 0.2) is 0 Å². The number of imidazole rings is 1. The van der Waals surface area contributed by atoms with Crippen LogP contribution in [0.25, 0.3) is 27.9 Å². The molecule has 0 saturated carbocycles. The smallest absolute Gasteiger partial charge is 0.274 e. The number of H-pyrrole nitrogens is 1. The van der Waals surface area contributed by atoms with Crippen LogP contribution in [0.4, 0.5) is 0 Å². The molecule has 0 bridgehead atoms. The zero-order valence-electron chi connectivity index (χ0n) is 16.4. The minimum Gasteiger partial charge on any atom is -0.336 e. The monoisotopic (exact) mass is 421 g/mol. The van der Waals surface area contributed by atoms with E-state index in [-0.39, 0.29) is 11.5 Å². The molecule has 1 amide bonds. The van der Waals surface area contributed by atoms with E-state index in [0.29, 0.717) is 46.1 Å². The minimum absolute atomic E-state index is 0.121. The molecule has 0 unspecified atom stereocenters. The number of benzene rings is 2. The Kier molecular flexibility index (Phi) is 4.56. The molecule has 1 aliphatic heterocycles. The molecule has 4 aromatic rings. The molecule has 0 aliphatic carbocycles. The number of likely N-dealkylation sites (N-methyl/N-ethyl adjacent to an activating group) is 1. The van der Waals surface area contributed by atoms with Crippen LogP contribution < -0.4 is 5.56 Å². The fraction of sp³-hybridized carbons (Fsp3) is 0.227. The van der Waals surface area contributed by atoms with Crippen molar-refractivity contribution in [3.8, 4) is 11.4 Å². The summed E-state index contributed by atoms with van der Waals surface area (Å²) in [6.45, 7) is 2.95. The Morgan fingerprint density at radius 1 is 1.07 bits per heavy atom. The highest BCUT2D eigenvalue weighted by atomic mass is 35.5. The quantitative estimate of drug-likeness (QED) is 0.540. The first-order valence-electron chi connectivity index (χ1n) is 9.79. The molecule has 0 spiro atoms. The Morgan fingerprint density at radius 2 is 1.80 bits per heavy atom. The number of carbonyl (C=O) groups is 1. The normalized spacial score (nSPS) is 15.2. The number of nitrogens with one attached hydrogen (secondary N) is 1. The van der Waals surface area contributed by atoms with Gasteiger partial charge in [-0.25, -0.2) is 4.98 Å². The predicted molar refractivity (Wildman–Crippen MR) is 117 cm³/mol. The topological polar surface area (TPSA) is 73.7 Å². The van der Waals surface area contributed by atoms with Gasteiger partial charge in [0.2, 0.25) is 0 Å². The number of halogens is 1. The first kappa shape index (κ1) is 18.8. The highest BCUT2D eigenvalue weighted by Gasteiger charge is 2.23. The van der Waals surface area contributed by atoms with Crippen LogP contribution in [0.3, 0.4) is 0 Å². The summed E-state index contributed by atoms with van der Waals surface area (Å²) in [4.78, 5) is 37.1. The van der Waals surface area contributed by atoms with Crippen LogP contribution in [0.5, 0.6) is 0 Å². The Morgan fingerprint density at radius 3 is 2.53 bits per heavy atom. The van der Waals surface area contributed by atoms with Crippen LogP contribution in [0.1, 0.15) is 10.4 Å². The summed E-state index contributed by atoms with van der Waals surface area (Å²) >= 11 is 6.57. The van der Waals surface area contributed by atoms with E-state index in [1.807, 2.05) is 37.4 Å². The van der Waals surface area contributed by atoms with Crippen LogP contribution in [-0.4, -0.2) is 63.3 Å². The molecule has 152 valence electrons. The highest BCUT2D eigenvalue weighted by Crippen LogP contribution is 2.27. The second-order valence-electron chi connectivity index (χ2n) is 7.57. The van der Waals surface area contributed by atoms with E-state index in [1.54, 1.807) is 27.6 Å². The van der Waals surface area contributed by atoms with Crippen LogP contribution in [0.15, 0.2) is 53.5 Å². The van der Waals surface area contributed by atoms with E-state index >= 15 is 0 Å². The summed E-state index contributed by atoms with van der Waals surface area (Å²) in [6, 6.07) is 13.1. The number of rotatable bonds is 2. The van der Waals surface area contributed by atoms with Crippen LogP contribution in [-0.2, 0) is 0 Å². The third-order valence-electron chi connectivity index (χ3n) is 5.62. The molecule has 0 radical (unpaired) electrons. The summed E-state index contributed by atoms with van der Waals surface area (Å²) in [5, 5.41) is 0.354. The Hall–Kier alpha value is -3.16. The van der Waals surface area contributed by atoms with Gasteiger partial charge < -0.3 is 14.8 Å². The number of fused-ring (bicyclic) bond motifs is 3. The van der Waals surface area contributed by atoms with Gasteiger partial charge in [0.25, 0.3) is 11.5 Å². The number of aromatic amines is 1. The summed E-state index contributed by atoms with van der Waals surface area (Å²) in [6.07, 6.45) is 1.55. The first-order valence-corrected chi connectivity index (χ1v) is 10.2. The molecule has 1 N–H and O–H groups in total. The zero-order valence-corrected chi connectivity index (χ0v) is 17.2. The summed E-state index contributed by atoms with van der Waals surface area (Å²) in [5.41, 5.74) is 2.68. The van der Waals surface area contributed by atoms with Crippen molar-refractivity contribution in [3.63, 3.8) is 0 Å². The molecule has 8 heteroatoms. The molecular weight excluding hydrogens is 402 g/mol. The van der Waals surface area contributed by atoms with E-state index in [4.69, 9.17) is 11.6 Å². The van der Waals surface area contributed by atoms with Gasteiger partial charge in [-0.15, -0.1) is 0 Å². The number of aromatic nitrogens is 3. The van der Waals surface area contributed by atoms with Crippen molar-refractivity contribution < 1.29 is 4.79 Å². The third kappa shape index (κ3) is 3.07. The maximum Gasteiger partial charge on any atom is 0.274 e. The summed E-state index contributed by atoms with van der Waals surface area (Å²) in [7, 11) is 2.04. The molecule has 7 nitrogen and oxygen atoms in total.